The fourth-order valence-electron chi connectivity index (χ4n) is 3.89. The Bertz CT molecular complexity index is 1160. The lowest BCUT2D eigenvalue weighted by Crippen LogP contribution is -2.31. The first-order valence-electron chi connectivity index (χ1n) is 10.2. The third-order valence-electron chi connectivity index (χ3n) is 5.47. The Morgan fingerprint density at radius 3 is 2.59 bits per heavy atom. The summed E-state index contributed by atoms with van der Waals surface area (Å²) in [5.41, 5.74) is 1.25. The van der Waals surface area contributed by atoms with Gasteiger partial charge in [-0.15, -0.1) is 0 Å². The number of nitrogens with zero attached hydrogens (tertiary/aromatic N) is 2. The minimum Gasteiger partial charge on any atom is -0.507 e. The van der Waals surface area contributed by atoms with Crippen molar-refractivity contribution >= 4 is 33.4 Å². The molecule has 1 aliphatic heterocycles. The molecule has 0 bridgehead atoms. The standard InChI is InChI=1S/C24H22BrN3O4/c1-32-16-10-8-15(9-11-16)22(29)20-21(17-5-2-3-6-18(17)25)28(24(31)23(20)30)14-4-7-19-26-12-13-27-19/h2-3,5-6,8-13,21,29H,4,7,14H2,1H3,(H,26,27)/b22-20+. The van der Waals surface area contributed by atoms with Crippen LogP contribution in [0, 0.1) is 0 Å². The van der Waals surface area contributed by atoms with E-state index in [1.54, 1.807) is 43.8 Å². The fraction of sp³-hybridized carbons (Fsp3) is 0.208. The molecule has 7 nitrogen and oxygen atoms in total. The number of hydrogen-bond donors (Lipinski definition) is 2. The largest absolute Gasteiger partial charge is 0.507 e. The van der Waals surface area contributed by atoms with Crippen molar-refractivity contribution in [3.63, 3.8) is 0 Å². The first-order chi connectivity index (χ1) is 15.5. The van der Waals surface area contributed by atoms with E-state index in [2.05, 4.69) is 25.9 Å². The Kier molecular flexibility index (Phi) is 6.41. The third-order valence-corrected chi connectivity index (χ3v) is 6.19. The molecule has 4 rings (SSSR count). The predicted octanol–water partition coefficient (Wildman–Crippen LogP) is 4.24. The van der Waals surface area contributed by atoms with Gasteiger partial charge in [-0.05, 0) is 42.3 Å². The highest BCUT2D eigenvalue weighted by atomic mass is 79.9. The Hall–Kier alpha value is -3.39. The van der Waals surface area contributed by atoms with Gasteiger partial charge in [0.25, 0.3) is 11.7 Å². The maximum Gasteiger partial charge on any atom is 0.295 e. The zero-order chi connectivity index (χ0) is 22.7. The van der Waals surface area contributed by atoms with Crippen LogP contribution in [0.4, 0.5) is 0 Å². The fourth-order valence-corrected chi connectivity index (χ4v) is 4.39. The second-order valence-corrected chi connectivity index (χ2v) is 8.24. The number of methoxy groups -OCH3 is 1. The van der Waals surface area contributed by atoms with E-state index >= 15 is 0 Å². The number of Topliss-reactive ketones (excluding diaryl/α,β-unsaturated/α-hetero) is 1. The maximum atomic E-state index is 13.1. The molecule has 0 spiro atoms. The van der Waals surface area contributed by atoms with Gasteiger partial charge in [-0.1, -0.05) is 34.1 Å². The lowest BCUT2D eigenvalue weighted by molar-refractivity contribution is -0.139. The quantitative estimate of drug-likeness (QED) is 0.290. The summed E-state index contributed by atoms with van der Waals surface area (Å²) in [6.45, 7) is 0.344. The van der Waals surface area contributed by atoms with Crippen molar-refractivity contribution in [2.24, 2.45) is 0 Å². The Morgan fingerprint density at radius 2 is 1.94 bits per heavy atom. The molecule has 2 aromatic carbocycles. The summed E-state index contributed by atoms with van der Waals surface area (Å²) in [4.78, 5) is 34.9. The van der Waals surface area contributed by atoms with Crippen molar-refractivity contribution in [3.05, 3.63) is 87.9 Å². The maximum absolute atomic E-state index is 13.1. The van der Waals surface area contributed by atoms with Crippen LogP contribution in [0.3, 0.4) is 0 Å². The van der Waals surface area contributed by atoms with Crippen LogP contribution in [0.25, 0.3) is 5.76 Å². The van der Waals surface area contributed by atoms with E-state index in [9.17, 15) is 14.7 Å². The van der Waals surface area contributed by atoms with Crippen molar-refractivity contribution in [2.45, 2.75) is 18.9 Å². The normalized spacial score (nSPS) is 17.7. The van der Waals surface area contributed by atoms with Crippen LogP contribution in [0.2, 0.25) is 0 Å². The molecular weight excluding hydrogens is 474 g/mol. The van der Waals surface area contributed by atoms with Gasteiger partial charge in [0.1, 0.15) is 17.3 Å². The molecule has 1 amide bonds. The van der Waals surface area contributed by atoms with Gasteiger partial charge in [-0.2, -0.15) is 0 Å². The number of nitrogens with one attached hydrogen (secondary N) is 1. The third kappa shape index (κ3) is 4.18. The lowest BCUT2D eigenvalue weighted by Gasteiger charge is -2.26. The van der Waals surface area contributed by atoms with E-state index in [4.69, 9.17) is 4.74 Å². The van der Waals surface area contributed by atoms with Gasteiger partial charge in [0, 0.05) is 35.4 Å². The van der Waals surface area contributed by atoms with E-state index in [0.717, 1.165) is 15.9 Å². The van der Waals surface area contributed by atoms with Crippen LogP contribution in [-0.2, 0) is 16.0 Å². The number of aromatic nitrogens is 2. The van der Waals surface area contributed by atoms with Crippen LogP contribution >= 0.6 is 15.9 Å². The molecule has 1 atom stereocenters. The zero-order valence-electron chi connectivity index (χ0n) is 17.4. The zero-order valence-corrected chi connectivity index (χ0v) is 19.0. The molecule has 1 fully saturated rings. The first kappa shape index (κ1) is 21.8. The second kappa shape index (κ2) is 9.40. The molecule has 8 heteroatoms. The first-order valence-corrected chi connectivity index (χ1v) is 11.0. The average molecular weight is 496 g/mol. The molecule has 1 aliphatic rings. The number of likely N-dealkylation sites (tertiary alicyclic amines) is 1. The van der Waals surface area contributed by atoms with E-state index in [0.29, 0.717) is 30.7 Å². The summed E-state index contributed by atoms with van der Waals surface area (Å²) >= 11 is 3.54. The highest BCUT2D eigenvalue weighted by Gasteiger charge is 2.46. The summed E-state index contributed by atoms with van der Waals surface area (Å²) < 4.78 is 5.92. The minimum atomic E-state index is -0.704. The number of aromatic amines is 1. The number of benzene rings is 2. The SMILES string of the molecule is COc1ccc(/C(O)=C2\C(=O)C(=O)N(CCCc3ncc[nH]3)C2c2ccccc2Br)cc1. The number of aliphatic hydroxyl groups is 1. The summed E-state index contributed by atoms with van der Waals surface area (Å²) in [5.74, 6) is -0.0860. The number of aryl methyl sites for hydroxylation is 1. The molecule has 1 unspecified atom stereocenters. The summed E-state index contributed by atoms with van der Waals surface area (Å²) in [7, 11) is 1.55. The number of carbonyl (C=O) groups is 2. The van der Waals surface area contributed by atoms with Gasteiger partial charge in [-0.25, -0.2) is 4.98 Å². The van der Waals surface area contributed by atoms with Crippen molar-refractivity contribution in [3.8, 4) is 5.75 Å². The average Bonchev–Trinajstić information content (AvgIpc) is 3.41. The number of rotatable bonds is 7. The van der Waals surface area contributed by atoms with E-state index < -0.39 is 17.7 Å². The van der Waals surface area contributed by atoms with Crippen LogP contribution in [0.1, 0.15) is 29.4 Å². The van der Waals surface area contributed by atoms with Gasteiger partial charge < -0.3 is 19.7 Å². The molecule has 0 saturated carbocycles. The Morgan fingerprint density at radius 1 is 1.19 bits per heavy atom. The lowest BCUT2D eigenvalue weighted by atomic mass is 9.95. The van der Waals surface area contributed by atoms with Crippen LogP contribution < -0.4 is 4.74 Å². The van der Waals surface area contributed by atoms with Gasteiger partial charge in [0.2, 0.25) is 0 Å². The highest BCUT2D eigenvalue weighted by Crippen LogP contribution is 2.42. The number of carbonyl (C=O) groups excluding carboxylic acids is 2. The molecule has 0 aliphatic carbocycles. The van der Waals surface area contributed by atoms with Crippen LogP contribution in [-0.4, -0.2) is 45.3 Å². The number of amides is 1. The molecule has 1 aromatic heterocycles. The van der Waals surface area contributed by atoms with E-state index in [1.807, 2.05) is 24.3 Å². The number of imidazole rings is 1. The molecule has 32 heavy (non-hydrogen) atoms. The van der Waals surface area contributed by atoms with E-state index in [-0.39, 0.29) is 11.3 Å². The van der Waals surface area contributed by atoms with Crippen LogP contribution in [0.5, 0.6) is 5.75 Å². The number of H-pyrrole nitrogens is 1. The number of hydrogen-bond acceptors (Lipinski definition) is 5. The van der Waals surface area contributed by atoms with E-state index in [1.165, 1.54) is 4.90 Å². The summed E-state index contributed by atoms with van der Waals surface area (Å²) in [6, 6.07) is 13.4. The van der Waals surface area contributed by atoms with Gasteiger partial charge in [0.05, 0.1) is 18.7 Å². The minimum absolute atomic E-state index is 0.0741. The molecule has 1 saturated heterocycles. The molecule has 2 heterocycles. The van der Waals surface area contributed by atoms with Gasteiger partial charge >= 0.3 is 0 Å². The monoisotopic (exact) mass is 495 g/mol. The second-order valence-electron chi connectivity index (χ2n) is 7.38. The number of halogens is 1. The number of aliphatic hydroxyl groups excluding tert-OH is 1. The smallest absolute Gasteiger partial charge is 0.295 e. The molecular formula is C24H22BrN3O4. The topological polar surface area (TPSA) is 95.5 Å². The Labute approximate surface area is 193 Å². The van der Waals surface area contributed by atoms with Crippen molar-refractivity contribution in [2.75, 3.05) is 13.7 Å². The summed E-state index contributed by atoms with van der Waals surface area (Å²) in [6.07, 6.45) is 4.68. The summed E-state index contributed by atoms with van der Waals surface area (Å²) in [5, 5.41) is 11.1. The van der Waals surface area contributed by atoms with Crippen molar-refractivity contribution in [1.82, 2.24) is 14.9 Å². The number of ketones is 1. The number of ether oxygens (including phenoxy) is 1. The van der Waals surface area contributed by atoms with Gasteiger partial charge in [-0.3, -0.25) is 9.59 Å². The molecule has 2 N–H and O–H groups in total. The van der Waals surface area contributed by atoms with Gasteiger partial charge in [0.15, 0.2) is 0 Å². The molecule has 3 aromatic rings. The molecule has 0 radical (unpaired) electrons. The Balaban J connectivity index is 1.74. The highest BCUT2D eigenvalue weighted by molar-refractivity contribution is 9.10. The van der Waals surface area contributed by atoms with Crippen LogP contribution in [0.15, 0.2) is 71.0 Å². The van der Waals surface area contributed by atoms with Crippen molar-refractivity contribution in [1.29, 1.82) is 0 Å². The molecule has 164 valence electrons. The predicted molar refractivity (Wildman–Crippen MR) is 123 cm³/mol. The van der Waals surface area contributed by atoms with Crippen molar-refractivity contribution < 1.29 is 19.4 Å².